The topological polar surface area (TPSA) is 76.6 Å². The number of para-hydroxylation sites is 2. The molecule has 1 saturated heterocycles. The predicted octanol–water partition coefficient (Wildman–Crippen LogP) is 5.38. The van der Waals surface area contributed by atoms with Crippen LogP contribution in [0.5, 0.6) is 23.0 Å². The van der Waals surface area contributed by atoms with E-state index in [0.717, 1.165) is 48.6 Å². The second-order valence-electron chi connectivity index (χ2n) is 9.87. The third-order valence-corrected chi connectivity index (χ3v) is 7.15. The molecule has 1 aliphatic rings. The molecular weight excluding hydrogens is 522 g/mol. The van der Waals surface area contributed by atoms with Crippen molar-refractivity contribution in [3.8, 4) is 23.0 Å². The van der Waals surface area contributed by atoms with Gasteiger partial charge in [-0.15, -0.1) is 0 Å². The summed E-state index contributed by atoms with van der Waals surface area (Å²) in [5.74, 6) is 3.40. The van der Waals surface area contributed by atoms with Gasteiger partial charge in [-0.3, -0.25) is 0 Å². The average molecular weight is 566 g/mol. The Hall–Kier alpha value is -3.30. The van der Waals surface area contributed by atoms with E-state index in [0.29, 0.717) is 51.1 Å². The normalized spacial score (nSPS) is 16.8. The first-order valence-electron chi connectivity index (χ1n) is 14.3. The van der Waals surface area contributed by atoms with Gasteiger partial charge in [-0.25, -0.2) is 0 Å². The molecule has 1 heterocycles. The van der Waals surface area contributed by atoms with Gasteiger partial charge in [0.1, 0.15) is 18.1 Å². The summed E-state index contributed by atoms with van der Waals surface area (Å²) in [6.07, 6.45) is 1.85. The summed E-state index contributed by atoms with van der Waals surface area (Å²) in [5, 5.41) is 3.48. The Bertz CT molecular complexity index is 1170. The van der Waals surface area contributed by atoms with E-state index in [4.69, 9.17) is 33.2 Å². The molecular formula is C33H43NO7. The van der Waals surface area contributed by atoms with Gasteiger partial charge in [-0.2, -0.15) is 0 Å². The molecule has 0 aromatic heterocycles. The van der Waals surface area contributed by atoms with Crippen molar-refractivity contribution in [2.24, 2.45) is 0 Å². The highest BCUT2D eigenvalue weighted by atomic mass is 16.5. The van der Waals surface area contributed by atoms with E-state index < -0.39 is 0 Å². The van der Waals surface area contributed by atoms with Gasteiger partial charge in [-0.05, 0) is 42.8 Å². The highest BCUT2D eigenvalue weighted by Crippen LogP contribution is 2.34. The second-order valence-corrected chi connectivity index (χ2v) is 9.87. The molecule has 0 bridgehead atoms. The number of rotatable bonds is 17. The van der Waals surface area contributed by atoms with Crippen molar-refractivity contribution in [3.63, 3.8) is 0 Å². The van der Waals surface area contributed by atoms with Crippen molar-refractivity contribution in [3.05, 3.63) is 83.4 Å². The minimum atomic E-state index is 0.0360. The molecule has 8 heteroatoms. The maximum Gasteiger partial charge on any atom is 0.166 e. The van der Waals surface area contributed by atoms with Crippen LogP contribution in [0.25, 0.3) is 0 Å². The minimum Gasteiger partial charge on any atom is -0.496 e. The van der Waals surface area contributed by atoms with Gasteiger partial charge in [-0.1, -0.05) is 42.5 Å². The standard InChI is InChI=1S/C33H43NO7/c1-35-20-21-40-33-27(9-6-11-31(33)37-3)24-41-32-22-34-17-16-29(32)25-12-14-28(15-13-25)39-19-7-18-38-23-26-8-4-5-10-30(26)36-2/h4-6,8-15,29,32,34H,7,16-24H2,1-3H3. The summed E-state index contributed by atoms with van der Waals surface area (Å²) in [4.78, 5) is 0. The maximum atomic E-state index is 6.48. The third-order valence-electron chi connectivity index (χ3n) is 7.15. The van der Waals surface area contributed by atoms with Crippen molar-refractivity contribution >= 4 is 0 Å². The molecule has 0 amide bonds. The lowest BCUT2D eigenvalue weighted by molar-refractivity contribution is 0.00928. The van der Waals surface area contributed by atoms with E-state index >= 15 is 0 Å². The fourth-order valence-corrected chi connectivity index (χ4v) is 4.98. The highest BCUT2D eigenvalue weighted by molar-refractivity contribution is 5.46. The highest BCUT2D eigenvalue weighted by Gasteiger charge is 2.27. The van der Waals surface area contributed by atoms with Crippen molar-refractivity contribution in [1.82, 2.24) is 5.32 Å². The molecule has 41 heavy (non-hydrogen) atoms. The van der Waals surface area contributed by atoms with Crippen LogP contribution in [0, 0.1) is 0 Å². The van der Waals surface area contributed by atoms with Crippen LogP contribution in [0.3, 0.4) is 0 Å². The summed E-state index contributed by atoms with van der Waals surface area (Å²) < 4.78 is 40.3. The lowest BCUT2D eigenvalue weighted by atomic mass is 9.87. The van der Waals surface area contributed by atoms with Crippen LogP contribution in [0.15, 0.2) is 66.7 Å². The quantitative estimate of drug-likeness (QED) is 0.219. The number of nitrogens with one attached hydrogen (secondary N) is 1. The van der Waals surface area contributed by atoms with E-state index in [9.17, 15) is 0 Å². The fraction of sp³-hybridized carbons (Fsp3) is 0.455. The Morgan fingerprint density at radius 2 is 1.51 bits per heavy atom. The number of hydrogen-bond acceptors (Lipinski definition) is 8. The van der Waals surface area contributed by atoms with E-state index in [1.807, 2.05) is 54.6 Å². The van der Waals surface area contributed by atoms with Crippen LogP contribution < -0.4 is 24.3 Å². The van der Waals surface area contributed by atoms with Crippen molar-refractivity contribution in [2.75, 3.05) is 60.8 Å². The third kappa shape index (κ3) is 9.10. The molecule has 1 aliphatic heterocycles. The van der Waals surface area contributed by atoms with Crippen molar-refractivity contribution in [1.29, 1.82) is 0 Å². The summed E-state index contributed by atoms with van der Waals surface area (Å²) in [7, 11) is 4.98. The Balaban J connectivity index is 1.25. The van der Waals surface area contributed by atoms with Crippen molar-refractivity contribution < 1.29 is 33.2 Å². The molecule has 0 radical (unpaired) electrons. The molecule has 3 aromatic rings. The zero-order valence-electron chi connectivity index (χ0n) is 24.4. The molecule has 1 fully saturated rings. The minimum absolute atomic E-state index is 0.0360. The Morgan fingerprint density at radius 3 is 2.32 bits per heavy atom. The molecule has 0 spiro atoms. The van der Waals surface area contributed by atoms with E-state index in [1.54, 1.807) is 21.3 Å². The molecule has 1 N–H and O–H groups in total. The van der Waals surface area contributed by atoms with E-state index in [-0.39, 0.29) is 12.0 Å². The summed E-state index contributed by atoms with van der Waals surface area (Å²) in [6.45, 7) is 4.88. The zero-order valence-corrected chi connectivity index (χ0v) is 24.4. The van der Waals surface area contributed by atoms with E-state index in [2.05, 4.69) is 17.4 Å². The number of hydrogen-bond donors (Lipinski definition) is 1. The maximum absolute atomic E-state index is 6.48. The molecule has 2 atom stereocenters. The number of methoxy groups -OCH3 is 3. The molecule has 0 aliphatic carbocycles. The molecule has 222 valence electrons. The SMILES string of the molecule is COCCOc1c(COC2CNCCC2c2ccc(OCCCOCc3ccccc3OC)cc2)cccc1OC. The van der Waals surface area contributed by atoms with Crippen LogP contribution in [-0.2, 0) is 27.4 Å². The predicted molar refractivity (Wildman–Crippen MR) is 158 cm³/mol. The van der Waals surface area contributed by atoms with Gasteiger partial charge in [0.05, 0.1) is 53.4 Å². The number of benzene rings is 3. The number of ether oxygens (including phenoxy) is 7. The van der Waals surface area contributed by atoms with Gasteiger partial charge in [0.25, 0.3) is 0 Å². The lowest BCUT2D eigenvalue weighted by Crippen LogP contribution is -2.41. The smallest absolute Gasteiger partial charge is 0.166 e. The van der Waals surface area contributed by atoms with Gasteiger partial charge in [0, 0.05) is 37.1 Å². The largest absolute Gasteiger partial charge is 0.496 e. The monoisotopic (exact) mass is 565 g/mol. The van der Waals surface area contributed by atoms with Crippen LogP contribution >= 0.6 is 0 Å². The average Bonchev–Trinajstić information content (AvgIpc) is 3.02. The second kappa shape index (κ2) is 16.8. The lowest BCUT2D eigenvalue weighted by Gasteiger charge is -2.33. The van der Waals surface area contributed by atoms with Crippen LogP contribution in [0.1, 0.15) is 35.4 Å². The van der Waals surface area contributed by atoms with Gasteiger partial charge >= 0.3 is 0 Å². The molecule has 0 saturated carbocycles. The first kappa shape index (κ1) is 30.7. The van der Waals surface area contributed by atoms with E-state index in [1.165, 1.54) is 5.56 Å². The fourth-order valence-electron chi connectivity index (χ4n) is 4.98. The summed E-state index contributed by atoms with van der Waals surface area (Å²) >= 11 is 0. The molecule has 3 aromatic carbocycles. The van der Waals surface area contributed by atoms with Gasteiger partial charge in [0.15, 0.2) is 11.5 Å². The van der Waals surface area contributed by atoms with Gasteiger partial charge in [0.2, 0.25) is 0 Å². The summed E-state index contributed by atoms with van der Waals surface area (Å²) in [6, 6.07) is 22.2. The van der Waals surface area contributed by atoms with Crippen LogP contribution in [0.2, 0.25) is 0 Å². The number of piperidine rings is 1. The first-order valence-corrected chi connectivity index (χ1v) is 14.3. The van der Waals surface area contributed by atoms with Crippen LogP contribution in [-0.4, -0.2) is 67.0 Å². The first-order chi connectivity index (χ1) is 20.2. The Morgan fingerprint density at radius 1 is 0.732 bits per heavy atom. The Labute approximate surface area is 243 Å². The molecule has 2 unspecified atom stereocenters. The van der Waals surface area contributed by atoms with Crippen LogP contribution in [0.4, 0.5) is 0 Å². The Kier molecular flexibility index (Phi) is 12.6. The van der Waals surface area contributed by atoms with Crippen molar-refractivity contribution in [2.45, 2.75) is 38.1 Å². The van der Waals surface area contributed by atoms with Gasteiger partial charge < -0.3 is 38.5 Å². The zero-order chi connectivity index (χ0) is 28.7. The summed E-state index contributed by atoms with van der Waals surface area (Å²) in [5.41, 5.74) is 3.26. The molecule has 4 rings (SSSR count). The molecule has 8 nitrogen and oxygen atoms in total.